The molecule has 0 saturated carbocycles. The minimum Gasteiger partial charge on any atom is -0.457 e. The Balaban J connectivity index is 1.94. The van der Waals surface area contributed by atoms with Crippen LogP contribution in [0.25, 0.3) is 0 Å². The predicted molar refractivity (Wildman–Crippen MR) is 91.8 cm³/mol. The Labute approximate surface area is 142 Å². The Morgan fingerprint density at radius 3 is 2.08 bits per heavy atom. The summed E-state index contributed by atoms with van der Waals surface area (Å²) < 4.78 is 10.8. The van der Waals surface area contributed by atoms with Gasteiger partial charge in [0.15, 0.2) is 0 Å². The first-order valence-corrected chi connectivity index (χ1v) is 7.59. The second-order valence-electron chi connectivity index (χ2n) is 6.31. The minimum atomic E-state index is -0.897. The minimum absolute atomic E-state index is 0.361. The highest BCUT2D eigenvalue weighted by Crippen LogP contribution is 2.23. The van der Waals surface area contributed by atoms with Gasteiger partial charge >= 0.3 is 5.97 Å². The summed E-state index contributed by atoms with van der Waals surface area (Å²) in [6.07, 6.45) is -0.897. The standard InChI is InChI=1S/C20H20O4/c1-20(2,3)18(21)13-14-19(22)24-17-11-9-16(10-12-17)23-15-7-5-4-6-8-15/h4-12,18,21H,1-3H3. The molecule has 0 amide bonds. The molecule has 0 saturated heterocycles. The van der Waals surface area contributed by atoms with Gasteiger partial charge in [0.05, 0.1) is 0 Å². The number of aliphatic hydroxyl groups excluding tert-OH is 1. The molecule has 2 rings (SSSR count). The van der Waals surface area contributed by atoms with E-state index < -0.39 is 17.5 Å². The molecule has 2 aromatic carbocycles. The fourth-order valence-electron chi connectivity index (χ4n) is 1.68. The van der Waals surface area contributed by atoms with Gasteiger partial charge < -0.3 is 14.6 Å². The molecular formula is C20H20O4. The zero-order chi connectivity index (χ0) is 17.6. The van der Waals surface area contributed by atoms with Gasteiger partial charge in [0.1, 0.15) is 23.4 Å². The lowest BCUT2D eigenvalue weighted by molar-refractivity contribution is -0.128. The van der Waals surface area contributed by atoms with Gasteiger partial charge in [-0.05, 0) is 41.8 Å². The molecule has 1 unspecified atom stereocenters. The van der Waals surface area contributed by atoms with E-state index in [9.17, 15) is 9.90 Å². The van der Waals surface area contributed by atoms with Crippen LogP contribution < -0.4 is 9.47 Å². The van der Waals surface area contributed by atoms with Crippen LogP contribution in [0.15, 0.2) is 54.6 Å². The molecule has 0 heterocycles. The molecule has 0 aliphatic heterocycles. The van der Waals surface area contributed by atoms with E-state index in [0.717, 1.165) is 5.75 Å². The number of rotatable bonds is 3. The van der Waals surface area contributed by atoms with E-state index in [1.807, 2.05) is 51.1 Å². The molecule has 0 aromatic heterocycles. The van der Waals surface area contributed by atoms with Gasteiger partial charge in [0, 0.05) is 5.92 Å². The predicted octanol–water partition coefficient (Wildman–Crippen LogP) is 3.79. The van der Waals surface area contributed by atoms with Gasteiger partial charge in [-0.3, -0.25) is 0 Å². The Hall–Kier alpha value is -2.77. The summed E-state index contributed by atoms with van der Waals surface area (Å²) in [6.45, 7) is 5.51. The third kappa shape index (κ3) is 5.45. The molecule has 0 fully saturated rings. The second-order valence-corrected chi connectivity index (χ2v) is 6.31. The molecule has 24 heavy (non-hydrogen) atoms. The molecule has 2 aromatic rings. The molecule has 4 heteroatoms. The third-order valence-corrected chi connectivity index (χ3v) is 3.14. The summed E-state index contributed by atoms with van der Waals surface area (Å²) in [7, 11) is 0. The highest BCUT2D eigenvalue weighted by Gasteiger charge is 2.19. The summed E-state index contributed by atoms with van der Waals surface area (Å²) in [6, 6.07) is 16.0. The van der Waals surface area contributed by atoms with Crippen molar-refractivity contribution >= 4 is 5.97 Å². The van der Waals surface area contributed by atoms with Crippen LogP contribution in [-0.2, 0) is 4.79 Å². The first-order valence-electron chi connectivity index (χ1n) is 7.59. The fraction of sp³-hybridized carbons (Fsp3) is 0.250. The van der Waals surface area contributed by atoms with Crippen molar-refractivity contribution in [2.75, 3.05) is 0 Å². The SMILES string of the molecule is CC(C)(C)C(O)C#CC(=O)Oc1ccc(Oc2ccccc2)cc1. The van der Waals surface area contributed by atoms with Crippen LogP contribution in [0, 0.1) is 17.3 Å². The molecule has 0 bridgehead atoms. The Morgan fingerprint density at radius 1 is 0.958 bits per heavy atom. The zero-order valence-electron chi connectivity index (χ0n) is 13.9. The number of carbonyl (C=O) groups is 1. The average molecular weight is 324 g/mol. The number of ether oxygens (including phenoxy) is 2. The van der Waals surface area contributed by atoms with E-state index >= 15 is 0 Å². The van der Waals surface area contributed by atoms with E-state index in [1.165, 1.54) is 0 Å². The van der Waals surface area contributed by atoms with Crippen LogP contribution in [0.1, 0.15) is 20.8 Å². The summed E-state index contributed by atoms with van der Waals surface area (Å²) in [5.41, 5.74) is -0.413. The van der Waals surface area contributed by atoms with Crippen LogP contribution in [0.2, 0.25) is 0 Å². The summed E-state index contributed by atoms with van der Waals surface area (Å²) in [5, 5.41) is 9.78. The van der Waals surface area contributed by atoms with E-state index in [1.54, 1.807) is 24.3 Å². The lowest BCUT2D eigenvalue weighted by atomic mass is 9.90. The first-order chi connectivity index (χ1) is 11.3. The molecule has 0 spiro atoms. The number of carbonyl (C=O) groups excluding carboxylic acids is 1. The van der Waals surface area contributed by atoms with Crippen molar-refractivity contribution in [3.05, 3.63) is 54.6 Å². The van der Waals surface area contributed by atoms with Crippen LogP contribution >= 0.6 is 0 Å². The van der Waals surface area contributed by atoms with Gasteiger partial charge in [0.2, 0.25) is 0 Å². The van der Waals surface area contributed by atoms with Crippen LogP contribution in [0.4, 0.5) is 0 Å². The first kappa shape index (κ1) is 17.6. The van der Waals surface area contributed by atoms with Crippen molar-refractivity contribution in [3.8, 4) is 29.1 Å². The number of benzene rings is 2. The normalized spacial score (nSPS) is 11.8. The average Bonchev–Trinajstić information content (AvgIpc) is 2.54. The van der Waals surface area contributed by atoms with E-state index in [0.29, 0.717) is 11.5 Å². The summed E-state index contributed by atoms with van der Waals surface area (Å²) in [4.78, 5) is 11.7. The second kappa shape index (κ2) is 7.67. The smallest absolute Gasteiger partial charge is 0.389 e. The maximum Gasteiger partial charge on any atom is 0.389 e. The summed E-state index contributed by atoms with van der Waals surface area (Å²) in [5.74, 6) is 5.80. The molecular weight excluding hydrogens is 304 g/mol. The Morgan fingerprint density at radius 2 is 1.50 bits per heavy atom. The van der Waals surface area contributed by atoms with Crippen molar-refractivity contribution in [2.45, 2.75) is 26.9 Å². The van der Waals surface area contributed by atoms with Crippen molar-refractivity contribution in [1.29, 1.82) is 0 Å². The summed E-state index contributed by atoms with van der Waals surface area (Å²) >= 11 is 0. The van der Waals surface area contributed by atoms with Crippen LogP contribution in [0.3, 0.4) is 0 Å². The van der Waals surface area contributed by atoms with E-state index in [-0.39, 0.29) is 0 Å². The van der Waals surface area contributed by atoms with Crippen molar-refractivity contribution < 1.29 is 19.4 Å². The molecule has 0 radical (unpaired) electrons. The Bertz CT molecular complexity index is 731. The van der Waals surface area contributed by atoms with Gasteiger partial charge in [0.25, 0.3) is 0 Å². The largest absolute Gasteiger partial charge is 0.457 e. The lowest BCUT2D eigenvalue weighted by Gasteiger charge is -2.20. The van der Waals surface area contributed by atoms with Crippen molar-refractivity contribution in [2.24, 2.45) is 5.41 Å². The van der Waals surface area contributed by atoms with Gasteiger partial charge in [-0.15, -0.1) is 0 Å². The highest BCUT2D eigenvalue weighted by molar-refractivity contribution is 5.90. The fourth-order valence-corrected chi connectivity index (χ4v) is 1.68. The number of hydrogen-bond acceptors (Lipinski definition) is 4. The number of hydrogen-bond donors (Lipinski definition) is 1. The maximum absolute atomic E-state index is 11.7. The van der Waals surface area contributed by atoms with Crippen LogP contribution in [-0.4, -0.2) is 17.2 Å². The van der Waals surface area contributed by atoms with Crippen molar-refractivity contribution in [1.82, 2.24) is 0 Å². The zero-order valence-corrected chi connectivity index (χ0v) is 13.9. The van der Waals surface area contributed by atoms with Gasteiger partial charge in [-0.25, -0.2) is 4.79 Å². The molecule has 1 atom stereocenters. The van der Waals surface area contributed by atoms with Gasteiger partial charge in [-0.1, -0.05) is 44.9 Å². The number of esters is 1. The molecule has 124 valence electrons. The monoisotopic (exact) mass is 324 g/mol. The van der Waals surface area contributed by atoms with E-state index in [4.69, 9.17) is 9.47 Å². The third-order valence-electron chi connectivity index (χ3n) is 3.14. The lowest BCUT2D eigenvalue weighted by Crippen LogP contribution is -2.24. The van der Waals surface area contributed by atoms with Crippen LogP contribution in [0.5, 0.6) is 17.2 Å². The van der Waals surface area contributed by atoms with E-state index in [2.05, 4.69) is 11.8 Å². The van der Waals surface area contributed by atoms with Gasteiger partial charge in [-0.2, -0.15) is 0 Å². The maximum atomic E-state index is 11.7. The molecule has 1 N–H and O–H groups in total. The molecule has 0 aliphatic rings. The quantitative estimate of drug-likeness (QED) is 0.404. The highest BCUT2D eigenvalue weighted by atomic mass is 16.5. The number of aliphatic hydroxyl groups is 1. The Kier molecular flexibility index (Phi) is 5.62. The number of para-hydroxylation sites is 1. The molecule has 4 nitrogen and oxygen atoms in total. The van der Waals surface area contributed by atoms with Crippen molar-refractivity contribution in [3.63, 3.8) is 0 Å². The topological polar surface area (TPSA) is 55.8 Å². The molecule has 0 aliphatic carbocycles.